The molecule has 18 heavy (non-hydrogen) atoms. The molecule has 0 aromatic heterocycles. The minimum absolute atomic E-state index is 0.0595. The van der Waals surface area contributed by atoms with Crippen molar-refractivity contribution in [3.05, 3.63) is 28.8 Å². The Balaban J connectivity index is 2.24. The average molecular weight is 268 g/mol. The number of carbonyl (C=O) groups is 2. The van der Waals surface area contributed by atoms with Crippen LogP contribution in [-0.2, 0) is 4.79 Å². The molecule has 1 saturated heterocycles. The third-order valence-electron chi connectivity index (χ3n) is 2.81. The SMILES string of the molecule is Nc1cccc(C(=O)N2CCCNC(=O)C2)c1Cl. The van der Waals surface area contributed by atoms with E-state index < -0.39 is 0 Å². The van der Waals surface area contributed by atoms with Crippen LogP contribution in [0.1, 0.15) is 16.8 Å². The quantitative estimate of drug-likeness (QED) is 0.742. The van der Waals surface area contributed by atoms with E-state index in [4.69, 9.17) is 17.3 Å². The highest BCUT2D eigenvalue weighted by atomic mass is 35.5. The van der Waals surface area contributed by atoms with E-state index in [2.05, 4.69) is 5.32 Å². The van der Waals surface area contributed by atoms with Gasteiger partial charge in [0.1, 0.15) is 0 Å². The Bertz CT molecular complexity index is 490. The third-order valence-corrected chi connectivity index (χ3v) is 3.23. The standard InChI is InChI=1S/C12H14ClN3O2/c13-11-8(3-1-4-9(11)14)12(18)16-6-2-5-15-10(17)7-16/h1,3-4H,2,5-7,14H2,(H,15,17). The first-order valence-electron chi connectivity index (χ1n) is 5.69. The van der Waals surface area contributed by atoms with Crippen LogP contribution in [0.5, 0.6) is 0 Å². The van der Waals surface area contributed by atoms with Crippen molar-refractivity contribution in [3.63, 3.8) is 0 Å². The number of halogens is 1. The second-order valence-electron chi connectivity index (χ2n) is 4.14. The molecular formula is C12H14ClN3O2. The molecule has 5 nitrogen and oxygen atoms in total. The molecule has 0 unspecified atom stereocenters. The average Bonchev–Trinajstić information content (AvgIpc) is 2.56. The zero-order valence-electron chi connectivity index (χ0n) is 9.78. The molecule has 1 aromatic carbocycles. The van der Waals surface area contributed by atoms with Gasteiger partial charge in [-0.05, 0) is 18.6 Å². The largest absolute Gasteiger partial charge is 0.398 e. The molecule has 1 fully saturated rings. The number of nitrogens with one attached hydrogen (secondary N) is 1. The Hall–Kier alpha value is -1.75. The number of anilines is 1. The molecule has 96 valence electrons. The maximum Gasteiger partial charge on any atom is 0.255 e. The Morgan fingerprint density at radius 3 is 3.00 bits per heavy atom. The van der Waals surface area contributed by atoms with Crippen molar-refractivity contribution < 1.29 is 9.59 Å². The summed E-state index contributed by atoms with van der Waals surface area (Å²) < 4.78 is 0. The molecule has 1 heterocycles. The lowest BCUT2D eigenvalue weighted by Gasteiger charge is -2.19. The minimum atomic E-state index is -0.260. The Labute approximate surface area is 110 Å². The molecule has 0 radical (unpaired) electrons. The number of nitrogens with two attached hydrogens (primary N) is 1. The van der Waals surface area contributed by atoms with E-state index >= 15 is 0 Å². The molecule has 1 aliphatic heterocycles. The van der Waals surface area contributed by atoms with Gasteiger partial charge in [0.15, 0.2) is 0 Å². The molecule has 1 aliphatic rings. The van der Waals surface area contributed by atoms with Crippen LogP contribution < -0.4 is 11.1 Å². The summed E-state index contributed by atoms with van der Waals surface area (Å²) in [7, 11) is 0. The van der Waals surface area contributed by atoms with Crippen LogP contribution >= 0.6 is 11.6 Å². The summed E-state index contributed by atoms with van der Waals surface area (Å²) in [5, 5.41) is 2.96. The van der Waals surface area contributed by atoms with Gasteiger partial charge in [-0.2, -0.15) is 0 Å². The fraction of sp³-hybridized carbons (Fsp3) is 0.333. The zero-order valence-corrected chi connectivity index (χ0v) is 10.5. The molecular weight excluding hydrogens is 254 g/mol. The van der Waals surface area contributed by atoms with Crippen LogP contribution in [0.25, 0.3) is 0 Å². The van der Waals surface area contributed by atoms with Gasteiger partial charge in [0.05, 0.1) is 22.8 Å². The van der Waals surface area contributed by atoms with E-state index in [-0.39, 0.29) is 23.4 Å². The molecule has 0 spiro atoms. The maximum absolute atomic E-state index is 12.3. The van der Waals surface area contributed by atoms with Crippen LogP contribution in [0.4, 0.5) is 5.69 Å². The summed E-state index contributed by atoms with van der Waals surface area (Å²) >= 11 is 6.01. The van der Waals surface area contributed by atoms with Crippen molar-refractivity contribution in [1.29, 1.82) is 0 Å². The highest BCUT2D eigenvalue weighted by Gasteiger charge is 2.23. The van der Waals surface area contributed by atoms with Crippen molar-refractivity contribution in [2.24, 2.45) is 0 Å². The summed E-state index contributed by atoms with van der Waals surface area (Å²) in [5.41, 5.74) is 6.37. The molecule has 0 saturated carbocycles. The lowest BCUT2D eigenvalue weighted by atomic mass is 10.1. The van der Waals surface area contributed by atoms with Crippen molar-refractivity contribution >= 4 is 29.1 Å². The number of hydrogen-bond acceptors (Lipinski definition) is 3. The summed E-state index contributed by atoms with van der Waals surface area (Å²) in [6.07, 6.45) is 0.734. The van der Waals surface area contributed by atoms with Crippen LogP contribution in [0.3, 0.4) is 0 Å². The molecule has 2 amide bonds. The second kappa shape index (κ2) is 5.27. The zero-order chi connectivity index (χ0) is 13.1. The number of hydrogen-bond donors (Lipinski definition) is 2. The molecule has 6 heteroatoms. The fourth-order valence-corrected chi connectivity index (χ4v) is 2.07. The van der Waals surface area contributed by atoms with E-state index in [1.54, 1.807) is 18.2 Å². The Kier molecular flexibility index (Phi) is 3.72. The number of carbonyl (C=O) groups excluding carboxylic acids is 2. The van der Waals surface area contributed by atoms with Crippen LogP contribution in [0.2, 0.25) is 5.02 Å². The lowest BCUT2D eigenvalue weighted by Crippen LogP contribution is -2.37. The van der Waals surface area contributed by atoms with Gasteiger partial charge >= 0.3 is 0 Å². The Morgan fingerprint density at radius 2 is 2.22 bits per heavy atom. The van der Waals surface area contributed by atoms with Gasteiger partial charge in [-0.1, -0.05) is 17.7 Å². The van der Waals surface area contributed by atoms with Gasteiger partial charge in [0.25, 0.3) is 5.91 Å². The molecule has 3 N–H and O–H groups in total. The van der Waals surface area contributed by atoms with Gasteiger partial charge < -0.3 is 16.0 Å². The minimum Gasteiger partial charge on any atom is -0.398 e. The monoisotopic (exact) mass is 267 g/mol. The molecule has 0 aliphatic carbocycles. The van der Waals surface area contributed by atoms with Crippen LogP contribution in [0.15, 0.2) is 18.2 Å². The summed E-state index contributed by atoms with van der Waals surface area (Å²) in [6.45, 7) is 1.18. The van der Waals surface area contributed by atoms with Gasteiger partial charge in [-0.3, -0.25) is 9.59 Å². The fourth-order valence-electron chi connectivity index (χ4n) is 1.86. The second-order valence-corrected chi connectivity index (χ2v) is 4.52. The topological polar surface area (TPSA) is 75.4 Å². The molecule has 0 bridgehead atoms. The maximum atomic E-state index is 12.3. The number of amides is 2. The van der Waals surface area contributed by atoms with Gasteiger partial charge in [0.2, 0.25) is 5.91 Å². The highest BCUT2D eigenvalue weighted by molar-refractivity contribution is 6.36. The first kappa shape index (κ1) is 12.7. The first-order valence-corrected chi connectivity index (χ1v) is 6.07. The highest BCUT2D eigenvalue weighted by Crippen LogP contribution is 2.24. The number of nitrogen functional groups attached to an aromatic ring is 1. The molecule has 0 atom stereocenters. The van der Waals surface area contributed by atoms with E-state index in [1.807, 2.05) is 0 Å². The predicted molar refractivity (Wildman–Crippen MR) is 69.4 cm³/mol. The predicted octanol–water partition coefficient (Wildman–Crippen LogP) is 0.884. The van der Waals surface area contributed by atoms with Gasteiger partial charge in [-0.15, -0.1) is 0 Å². The molecule has 1 aromatic rings. The first-order chi connectivity index (χ1) is 8.59. The van der Waals surface area contributed by atoms with Gasteiger partial charge in [0, 0.05) is 13.1 Å². The third kappa shape index (κ3) is 2.56. The van der Waals surface area contributed by atoms with E-state index in [1.165, 1.54) is 4.90 Å². The van der Waals surface area contributed by atoms with Crippen molar-refractivity contribution in [2.45, 2.75) is 6.42 Å². The van der Waals surface area contributed by atoms with E-state index in [9.17, 15) is 9.59 Å². The summed E-state index contributed by atoms with van der Waals surface area (Å²) in [6, 6.07) is 4.92. The summed E-state index contributed by atoms with van der Waals surface area (Å²) in [4.78, 5) is 25.2. The lowest BCUT2D eigenvalue weighted by molar-refractivity contribution is -0.121. The summed E-state index contributed by atoms with van der Waals surface area (Å²) in [5.74, 6) is -0.412. The smallest absolute Gasteiger partial charge is 0.255 e. The van der Waals surface area contributed by atoms with Gasteiger partial charge in [-0.25, -0.2) is 0 Å². The van der Waals surface area contributed by atoms with Crippen molar-refractivity contribution in [1.82, 2.24) is 10.2 Å². The molecule has 2 rings (SSSR count). The van der Waals surface area contributed by atoms with Crippen LogP contribution in [0, 0.1) is 0 Å². The number of nitrogens with zero attached hydrogens (tertiary/aromatic N) is 1. The number of rotatable bonds is 1. The van der Waals surface area contributed by atoms with E-state index in [0.29, 0.717) is 24.3 Å². The van der Waals surface area contributed by atoms with E-state index in [0.717, 1.165) is 6.42 Å². The normalized spacial score (nSPS) is 16.1. The number of benzene rings is 1. The van der Waals surface area contributed by atoms with Crippen molar-refractivity contribution in [3.8, 4) is 0 Å². The van der Waals surface area contributed by atoms with Crippen molar-refractivity contribution in [2.75, 3.05) is 25.4 Å². The van der Waals surface area contributed by atoms with Crippen LogP contribution in [-0.4, -0.2) is 36.3 Å². The Morgan fingerprint density at radius 1 is 1.44 bits per heavy atom.